The molecule has 9 heteroatoms. The monoisotopic (exact) mass is 593 g/mol. The lowest BCUT2D eigenvalue weighted by Crippen LogP contribution is -2.70. The predicted octanol–water partition coefficient (Wildman–Crippen LogP) is 5.40. The van der Waals surface area contributed by atoms with Crippen molar-refractivity contribution in [3.63, 3.8) is 0 Å². The number of anilines is 1. The van der Waals surface area contributed by atoms with E-state index in [0.29, 0.717) is 30.8 Å². The molecule has 0 radical (unpaired) electrons. The molecule has 4 aliphatic rings. The van der Waals surface area contributed by atoms with Gasteiger partial charge in [-0.1, -0.05) is 18.9 Å². The minimum atomic E-state index is -0.959. The van der Waals surface area contributed by atoms with Crippen LogP contribution in [0.5, 0.6) is 0 Å². The van der Waals surface area contributed by atoms with Gasteiger partial charge in [-0.05, 0) is 98.3 Å². The lowest BCUT2D eigenvalue weighted by atomic mass is 9.79. The highest BCUT2D eigenvalue weighted by atomic mass is 19.1. The summed E-state index contributed by atoms with van der Waals surface area (Å²) in [4.78, 5) is 40.8. The van der Waals surface area contributed by atoms with Crippen LogP contribution in [0.4, 0.5) is 14.6 Å². The molecule has 2 atom stereocenters. The number of piperazine rings is 1. The van der Waals surface area contributed by atoms with E-state index >= 15 is 0 Å². The fraction of sp³-hybridized carbons (Fsp3) is 0.371. The molecule has 1 N–H and O–H groups in total. The summed E-state index contributed by atoms with van der Waals surface area (Å²) in [7, 11) is 1.96. The maximum Gasteiger partial charge on any atom is 0.244 e. The summed E-state index contributed by atoms with van der Waals surface area (Å²) in [5.74, 6) is -0.723. The third kappa shape index (κ3) is 3.81. The van der Waals surface area contributed by atoms with Crippen molar-refractivity contribution in [2.45, 2.75) is 68.5 Å². The number of pyridine rings is 2. The van der Waals surface area contributed by atoms with Crippen LogP contribution in [0.25, 0.3) is 10.9 Å². The predicted molar refractivity (Wildman–Crippen MR) is 162 cm³/mol. The second kappa shape index (κ2) is 9.38. The molecule has 2 fully saturated rings. The summed E-state index contributed by atoms with van der Waals surface area (Å²) in [6, 6.07) is 13.6. The van der Waals surface area contributed by atoms with Gasteiger partial charge in [-0.25, -0.2) is 13.8 Å². The first-order chi connectivity index (χ1) is 21.1. The Hall–Kier alpha value is -4.24. The quantitative estimate of drug-likeness (QED) is 0.344. The number of aromatic nitrogens is 2. The Labute approximate surface area is 254 Å². The molecule has 1 unspecified atom stereocenters. The van der Waals surface area contributed by atoms with E-state index in [1.54, 1.807) is 12.4 Å². The van der Waals surface area contributed by atoms with Crippen molar-refractivity contribution >= 4 is 28.5 Å². The Morgan fingerprint density at radius 1 is 0.955 bits per heavy atom. The Morgan fingerprint density at radius 2 is 1.68 bits per heavy atom. The number of fused-ring (bicyclic) bond motifs is 4. The number of benzene rings is 2. The molecule has 2 aromatic carbocycles. The molecule has 1 saturated heterocycles. The van der Waals surface area contributed by atoms with E-state index in [2.05, 4.69) is 33.4 Å². The van der Waals surface area contributed by atoms with Crippen molar-refractivity contribution in [1.29, 1.82) is 0 Å². The number of carbonyl (C=O) groups is 2. The van der Waals surface area contributed by atoms with Gasteiger partial charge in [0.05, 0.1) is 16.5 Å². The van der Waals surface area contributed by atoms with Crippen LogP contribution < -0.4 is 5.32 Å². The first kappa shape index (κ1) is 27.3. The van der Waals surface area contributed by atoms with Gasteiger partial charge in [-0.2, -0.15) is 0 Å². The zero-order chi connectivity index (χ0) is 30.4. The Balaban J connectivity index is 1.17. The second-order valence-electron chi connectivity index (χ2n) is 13.4. The molecule has 2 amide bonds. The van der Waals surface area contributed by atoms with E-state index in [9.17, 15) is 18.4 Å². The van der Waals surface area contributed by atoms with Crippen LogP contribution in [0.15, 0.2) is 60.9 Å². The highest BCUT2D eigenvalue weighted by molar-refractivity contribution is 6.06. The van der Waals surface area contributed by atoms with Gasteiger partial charge in [0.2, 0.25) is 11.8 Å². The van der Waals surface area contributed by atoms with E-state index < -0.39 is 28.1 Å². The van der Waals surface area contributed by atoms with Crippen LogP contribution >= 0.6 is 0 Å². The SMILES string of the molecule is CN1CC(C)(c2cc(F)cc(F)c2)N(Cc2cnc3cc4c(cc3c2)C[C@@]2(C4)C(=O)Nc3ncccc32)C(=O)C12CCCC2. The molecule has 4 aromatic rings. The lowest BCUT2D eigenvalue weighted by molar-refractivity contribution is -0.164. The first-order valence-electron chi connectivity index (χ1n) is 15.3. The molecule has 4 heterocycles. The van der Waals surface area contributed by atoms with Gasteiger partial charge < -0.3 is 10.2 Å². The minimum absolute atomic E-state index is 0.00793. The van der Waals surface area contributed by atoms with Gasteiger partial charge in [-0.15, -0.1) is 0 Å². The largest absolute Gasteiger partial charge is 0.326 e. The molecule has 7 nitrogen and oxygen atoms in total. The van der Waals surface area contributed by atoms with Crippen LogP contribution in [0, 0.1) is 11.6 Å². The summed E-state index contributed by atoms with van der Waals surface area (Å²) in [6.45, 7) is 2.61. The van der Waals surface area contributed by atoms with Gasteiger partial charge in [0.25, 0.3) is 0 Å². The van der Waals surface area contributed by atoms with E-state index in [0.717, 1.165) is 64.9 Å². The van der Waals surface area contributed by atoms with Crippen LogP contribution in [0.1, 0.15) is 60.4 Å². The zero-order valence-electron chi connectivity index (χ0n) is 24.8. The smallest absolute Gasteiger partial charge is 0.244 e. The van der Waals surface area contributed by atoms with Crippen molar-refractivity contribution in [2.24, 2.45) is 0 Å². The highest BCUT2D eigenvalue weighted by Gasteiger charge is 2.56. The van der Waals surface area contributed by atoms with E-state index in [-0.39, 0.29) is 18.4 Å². The maximum atomic E-state index is 14.5. The molecule has 1 saturated carbocycles. The molecule has 224 valence electrons. The fourth-order valence-electron chi connectivity index (χ4n) is 8.47. The van der Waals surface area contributed by atoms with Gasteiger partial charge in [-0.3, -0.25) is 19.5 Å². The normalized spacial score (nSPS) is 25.7. The van der Waals surface area contributed by atoms with Crippen molar-refractivity contribution in [3.8, 4) is 0 Å². The van der Waals surface area contributed by atoms with Crippen LogP contribution in [0.2, 0.25) is 0 Å². The second-order valence-corrected chi connectivity index (χ2v) is 13.4. The number of nitrogens with one attached hydrogen (secondary N) is 1. The van der Waals surface area contributed by atoms with E-state index in [1.807, 2.05) is 31.0 Å². The number of carbonyl (C=O) groups excluding carboxylic acids is 2. The van der Waals surface area contributed by atoms with E-state index in [4.69, 9.17) is 4.98 Å². The van der Waals surface area contributed by atoms with Crippen molar-refractivity contribution in [3.05, 3.63) is 100 Å². The summed E-state index contributed by atoms with van der Waals surface area (Å²) in [5.41, 5.74) is 2.99. The molecule has 44 heavy (non-hydrogen) atoms. The Kier molecular flexibility index (Phi) is 5.82. The number of halogens is 2. The average molecular weight is 594 g/mol. The summed E-state index contributed by atoms with van der Waals surface area (Å²) in [6.07, 6.45) is 8.12. The van der Waals surface area contributed by atoms with Gasteiger partial charge >= 0.3 is 0 Å². The number of likely N-dealkylation sites (N-methyl/N-ethyl adjacent to an activating group) is 1. The average Bonchev–Trinajstić information content (AvgIpc) is 3.70. The van der Waals surface area contributed by atoms with Gasteiger partial charge in [0.15, 0.2) is 0 Å². The molecular formula is C35H33F2N5O2. The maximum absolute atomic E-state index is 14.5. The molecule has 0 bridgehead atoms. The first-order valence-corrected chi connectivity index (χ1v) is 15.3. The third-order valence-electron chi connectivity index (χ3n) is 10.8. The molecule has 2 spiro atoms. The molecule has 2 aliphatic heterocycles. The minimum Gasteiger partial charge on any atom is -0.326 e. The van der Waals surface area contributed by atoms with Crippen LogP contribution in [0.3, 0.4) is 0 Å². The summed E-state index contributed by atoms with van der Waals surface area (Å²) in [5, 5.41) is 3.89. The summed E-state index contributed by atoms with van der Waals surface area (Å²) >= 11 is 0. The van der Waals surface area contributed by atoms with Crippen molar-refractivity contribution in [1.82, 2.24) is 19.8 Å². The van der Waals surface area contributed by atoms with Crippen LogP contribution in [-0.4, -0.2) is 50.7 Å². The highest BCUT2D eigenvalue weighted by Crippen LogP contribution is 2.48. The standard InChI is InChI=1S/C35H33F2N5O2/c1-33(25-13-26(36)15-27(37)14-25)20-41(2)35(7-3-4-8-35)32(44)42(33)19-21-10-22-11-23-16-34(17-24(23)12-29(22)39-18-21)28-6-5-9-38-30(28)40-31(34)43/h5-6,9-15,18H,3-4,7-8,16-17,19-20H2,1-2H3,(H,38,40,43)/t33?,34-/m0/s1. The molecule has 8 rings (SSSR count). The number of amides is 2. The van der Waals surface area contributed by atoms with E-state index in [1.165, 1.54) is 12.1 Å². The number of rotatable bonds is 3. The van der Waals surface area contributed by atoms with Gasteiger partial charge in [0.1, 0.15) is 23.0 Å². The van der Waals surface area contributed by atoms with Gasteiger partial charge in [0, 0.05) is 42.5 Å². The number of nitrogens with zero attached hydrogens (tertiary/aromatic N) is 4. The van der Waals surface area contributed by atoms with Crippen LogP contribution in [-0.2, 0) is 39.9 Å². The molecule has 2 aromatic heterocycles. The number of hydrogen-bond acceptors (Lipinski definition) is 5. The topological polar surface area (TPSA) is 78.4 Å². The summed E-state index contributed by atoms with van der Waals surface area (Å²) < 4.78 is 29.0. The zero-order valence-corrected chi connectivity index (χ0v) is 24.8. The third-order valence-corrected chi connectivity index (χ3v) is 10.8. The number of hydrogen-bond donors (Lipinski definition) is 1. The Morgan fingerprint density at radius 3 is 2.43 bits per heavy atom. The van der Waals surface area contributed by atoms with Crippen molar-refractivity contribution in [2.75, 3.05) is 18.9 Å². The fourth-order valence-corrected chi connectivity index (χ4v) is 8.47. The lowest BCUT2D eigenvalue weighted by Gasteiger charge is -2.56. The Bertz CT molecular complexity index is 1870. The molecule has 2 aliphatic carbocycles. The molecular weight excluding hydrogens is 560 g/mol. The van der Waals surface area contributed by atoms with Crippen molar-refractivity contribution < 1.29 is 18.4 Å².